The van der Waals surface area contributed by atoms with E-state index in [-0.39, 0.29) is 6.42 Å². The van der Waals surface area contributed by atoms with Crippen molar-refractivity contribution in [3.8, 4) is 0 Å². The van der Waals surface area contributed by atoms with Crippen LogP contribution in [-0.2, 0) is 11.2 Å². The van der Waals surface area contributed by atoms with Crippen LogP contribution in [0.15, 0.2) is 30.3 Å². The molecule has 74 valence electrons. The monoisotopic (exact) mass is 211 g/mol. The van der Waals surface area contributed by atoms with Gasteiger partial charge in [0.2, 0.25) is 0 Å². The van der Waals surface area contributed by atoms with Gasteiger partial charge < -0.3 is 10.1 Å². The third-order valence-electron chi connectivity index (χ3n) is 1.19. The molecule has 2 N–H and O–H groups in total. The molecule has 0 fully saturated rings. The maximum Gasteiger partial charge on any atom is 0.310 e. The van der Waals surface area contributed by atoms with E-state index in [4.69, 9.17) is 5.11 Å². The third-order valence-corrected chi connectivity index (χ3v) is 1.97. The number of aliphatic carboxylic acids is 1. The van der Waals surface area contributed by atoms with Gasteiger partial charge in [0.15, 0.2) is 0 Å². The summed E-state index contributed by atoms with van der Waals surface area (Å²) in [6.07, 6.45) is 6.72. The summed E-state index contributed by atoms with van der Waals surface area (Å²) >= 11 is 1.36. The van der Waals surface area contributed by atoms with Crippen molar-refractivity contribution in [2.45, 2.75) is 6.42 Å². The topological polar surface area (TPSA) is 78.9 Å². The van der Waals surface area contributed by atoms with Gasteiger partial charge in [0.1, 0.15) is 5.01 Å². The Bertz CT molecular complexity index is 327. The van der Waals surface area contributed by atoms with Gasteiger partial charge in [0.05, 0.1) is 12.7 Å². The van der Waals surface area contributed by atoms with E-state index in [0.717, 1.165) is 0 Å². The van der Waals surface area contributed by atoms with E-state index >= 15 is 0 Å². The Hall–Kier alpha value is -1.69. The summed E-state index contributed by atoms with van der Waals surface area (Å²) in [6, 6.07) is 0. The van der Waals surface area contributed by atoms with Crippen LogP contribution in [0.25, 0.3) is 0 Å². The number of carboxylic acid groups (broad SMARTS) is 1. The highest BCUT2D eigenvalue weighted by Gasteiger charge is 2.00. The number of aromatic amines is 1. The molecule has 2 aromatic heterocycles. The number of aromatic nitrogens is 3. The Kier molecular flexibility index (Phi) is 4.36. The molecule has 0 aliphatic carbocycles. The van der Waals surface area contributed by atoms with Crippen molar-refractivity contribution in [2.75, 3.05) is 0 Å². The maximum absolute atomic E-state index is 10.0. The molecule has 2 aromatic rings. The summed E-state index contributed by atoms with van der Waals surface area (Å²) in [5, 5.41) is 10.7. The van der Waals surface area contributed by atoms with Crippen molar-refractivity contribution in [3.05, 3.63) is 35.3 Å². The summed E-state index contributed by atoms with van der Waals surface area (Å²) in [5.41, 5.74) is 0. The molecule has 5 nitrogen and oxygen atoms in total. The highest BCUT2D eigenvalue weighted by molar-refractivity contribution is 7.09. The molecule has 2 heterocycles. The van der Waals surface area contributed by atoms with Crippen LogP contribution in [0.3, 0.4) is 0 Å². The number of thiazole rings is 1. The number of H-pyrrole nitrogens is 1. The molecule has 0 unspecified atom stereocenters. The van der Waals surface area contributed by atoms with Gasteiger partial charge in [-0.2, -0.15) is 0 Å². The van der Waals surface area contributed by atoms with Gasteiger partial charge in [0.25, 0.3) is 0 Å². The van der Waals surface area contributed by atoms with Crippen molar-refractivity contribution in [2.24, 2.45) is 0 Å². The van der Waals surface area contributed by atoms with Crippen LogP contribution in [-0.4, -0.2) is 26.0 Å². The molecule has 0 saturated carbocycles. The van der Waals surface area contributed by atoms with Gasteiger partial charge in [-0.15, -0.1) is 11.3 Å². The predicted molar refractivity (Wildman–Crippen MR) is 52.0 cm³/mol. The van der Waals surface area contributed by atoms with E-state index in [9.17, 15) is 4.79 Å². The minimum absolute atomic E-state index is 0.0394. The van der Waals surface area contributed by atoms with Gasteiger partial charge >= 0.3 is 5.97 Å². The Labute approximate surface area is 84.5 Å². The van der Waals surface area contributed by atoms with E-state index in [1.54, 1.807) is 30.3 Å². The second-order valence-electron chi connectivity index (χ2n) is 2.26. The third kappa shape index (κ3) is 4.36. The van der Waals surface area contributed by atoms with Crippen LogP contribution in [0.5, 0.6) is 0 Å². The summed E-state index contributed by atoms with van der Waals surface area (Å²) in [7, 11) is 0. The fourth-order valence-electron chi connectivity index (χ4n) is 0.685. The lowest BCUT2D eigenvalue weighted by atomic mass is 10.5. The van der Waals surface area contributed by atoms with Crippen LogP contribution < -0.4 is 0 Å². The summed E-state index contributed by atoms with van der Waals surface area (Å²) in [5.74, 6) is -0.829. The number of imidazole rings is 1. The van der Waals surface area contributed by atoms with Crippen LogP contribution in [0.4, 0.5) is 0 Å². The molecule has 0 amide bonds. The maximum atomic E-state index is 10.0. The molecular formula is C8H9N3O2S. The molecule has 6 heteroatoms. The molecule has 0 bridgehead atoms. The molecule has 0 aliphatic rings. The molecule has 0 spiro atoms. The lowest BCUT2D eigenvalue weighted by molar-refractivity contribution is -0.136. The van der Waals surface area contributed by atoms with Crippen molar-refractivity contribution in [1.29, 1.82) is 0 Å². The summed E-state index contributed by atoms with van der Waals surface area (Å²) < 4.78 is 0. The Balaban J connectivity index is 0.000000165. The lowest BCUT2D eigenvalue weighted by Gasteiger charge is -1.83. The van der Waals surface area contributed by atoms with E-state index in [0.29, 0.717) is 5.01 Å². The number of nitrogens with zero attached hydrogens (tertiary/aromatic N) is 2. The molecule has 0 radical (unpaired) electrons. The van der Waals surface area contributed by atoms with Gasteiger partial charge in [-0.1, -0.05) is 0 Å². The largest absolute Gasteiger partial charge is 0.481 e. The second kappa shape index (κ2) is 5.87. The van der Waals surface area contributed by atoms with E-state index in [1.807, 2.05) is 0 Å². The van der Waals surface area contributed by atoms with E-state index < -0.39 is 5.97 Å². The first-order chi connectivity index (χ1) is 6.79. The molecule has 14 heavy (non-hydrogen) atoms. The molecular weight excluding hydrogens is 202 g/mol. The lowest BCUT2D eigenvalue weighted by Crippen LogP contribution is -1.98. The number of carbonyl (C=O) groups is 1. The minimum Gasteiger partial charge on any atom is -0.481 e. The Morgan fingerprint density at radius 2 is 2.43 bits per heavy atom. The van der Waals surface area contributed by atoms with Crippen molar-refractivity contribution in [1.82, 2.24) is 15.0 Å². The number of nitrogens with one attached hydrogen (secondary N) is 1. The van der Waals surface area contributed by atoms with Crippen molar-refractivity contribution < 1.29 is 9.90 Å². The number of hydrogen-bond acceptors (Lipinski definition) is 4. The minimum atomic E-state index is -0.829. The fraction of sp³-hybridized carbons (Fsp3) is 0.125. The van der Waals surface area contributed by atoms with Gasteiger partial charge in [-0.25, -0.2) is 9.97 Å². The summed E-state index contributed by atoms with van der Waals surface area (Å²) in [6.45, 7) is 0. The highest BCUT2D eigenvalue weighted by Crippen LogP contribution is 2.03. The van der Waals surface area contributed by atoms with Gasteiger partial charge in [0, 0.05) is 24.0 Å². The first-order valence-electron chi connectivity index (χ1n) is 3.82. The molecule has 0 saturated heterocycles. The van der Waals surface area contributed by atoms with Crippen LogP contribution in [0.2, 0.25) is 0 Å². The van der Waals surface area contributed by atoms with Gasteiger partial charge in [-0.3, -0.25) is 4.79 Å². The SMILES string of the molecule is O=C(O)Cc1nccs1.c1c[nH]cn1. The van der Waals surface area contributed by atoms with Crippen LogP contribution >= 0.6 is 11.3 Å². The normalized spacial score (nSPS) is 8.86. The smallest absolute Gasteiger partial charge is 0.310 e. The van der Waals surface area contributed by atoms with Crippen molar-refractivity contribution >= 4 is 17.3 Å². The Morgan fingerprint density at radius 3 is 2.79 bits per heavy atom. The van der Waals surface area contributed by atoms with Crippen molar-refractivity contribution in [3.63, 3.8) is 0 Å². The first kappa shape index (κ1) is 10.4. The molecule has 0 aliphatic heterocycles. The Morgan fingerprint density at radius 1 is 1.57 bits per heavy atom. The fourth-order valence-corrected chi connectivity index (χ4v) is 1.29. The zero-order valence-corrected chi connectivity index (χ0v) is 8.07. The first-order valence-corrected chi connectivity index (χ1v) is 4.70. The predicted octanol–water partition coefficient (Wildman–Crippen LogP) is 1.18. The quantitative estimate of drug-likeness (QED) is 0.781. The zero-order chi connectivity index (χ0) is 10.2. The average molecular weight is 211 g/mol. The second-order valence-corrected chi connectivity index (χ2v) is 3.24. The van der Waals surface area contributed by atoms with Crippen LogP contribution in [0.1, 0.15) is 5.01 Å². The summed E-state index contributed by atoms with van der Waals surface area (Å²) in [4.78, 5) is 20.2. The van der Waals surface area contributed by atoms with E-state index in [1.165, 1.54) is 11.3 Å². The standard InChI is InChI=1S/C5H5NO2S.C3H4N2/c7-5(8)3-4-6-1-2-9-4;1-2-5-3-4-1/h1-2H,3H2,(H,7,8);1-3H,(H,4,5). The van der Waals surface area contributed by atoms with Crippen LogP contribution in [0, 0.1) is 0 Å². The number of carboxylic acids is 1. The van der Waals surface area contributed by atoms with E-state index in [2.05, 4.69) is 15.0 Å². The number of hydrogen-bond donors (Lipinski definition) is 2. The average Bonchev–Trinajstić information content (AvgIpc) is 2.75. The zero-order valence-electron chi connectivity index (χ0n) is 7.25. The number of rotatable bonds is 2. The van der Waals surface area contributed by atoms with Gasteiger partial charge in [-0.05, 0) is 0 Å². The highest BCUT2D eigenvalue weighted by atomic mass is 32.1. The molecule has 0 atom stereocenters. The molecule has 2 rings (SSSR count). The molecule has 0 aromatic carbocycles.